The first kappa shape index (κ1) is 15.8. The van der Waals surface area contributed by atoms with Crippen molar-refractivity contribution in [2.45, 2.75) is 18.9 Å². The Morgan fingerprint density at radius 2 is 1.84 bits per heavy atom. The highest BCUT2D eigenvalue weighted by molar-refractivity contribution is 6.00. The maximum absolute atomic E-state index is 12.6. The first-order chi connectivity index (χ1) is 12.0. The standard InChI is InChI=1S/C17H19N3O5/c21-13-7-10-11(8-12(13)19-5-3-18-4-6-19)20(9-1-2-9)16(23)14(15(10)22)17(24)25/h7-9,18,21-22H,1-6H2,(H,24,25). The van der Waals surface area contributed by atoms with Gasteiger partial charge in [-0.25, -0.2) is 4.79 Å². The van der Waals surface area contributed by atoms with Crippen LogP contribution in [0, 0.1) is 0 Å². The zero-order chi connectivity index (χ0) is 17.7. The van der Waals surface area contributed by atoms with Gasteiger partial charge < -0.3 is 30.1 Å². The van der Waals surface area contributed by atoms with Crippen molar-refractivity contribution in [3.63, 3.8) is 0 Å². The molecule has 0 radical (unpaired) electrons. The van der Waals surface area contributed by atoms with E-state index in [0.717, 1.165) is 25.9 Å². The number of rotatable bonds is 3. The van der Waals surface area contributed by atoms with Crippen molar-refractivity contribution in [1.82, 2.24) is 9.88 Å². The molecule has 1 aliphatic heterocycles. The summed E-state index contributed by atoms with van der Waals surface area (Å²) >= 11 is 0. The third-order valence-electron chi connectivity index (χ3n) is 4.86. The fourth-order valence-corrected chi connectivity index (χ4v) is 3.47. The summed E-state index contributed by atoms with van der Waals surface area (Å²) in [6.07, 6.45) is 1.59. The summed E-state index contributed by atoms with van der Waals surface area (Å²) in [6, 6.07) is 2.97. The number of anilines is 1. The number of phenolic OH excluding ortho intramolecular Hbond substituents is 1. The predicted octanol–water partition coefficient (Wildman–Crippen LogP) is 0.855. The van der Waals surface area contributed by atoms with Crippen molar-refractivity contribution in [2.24, 2.45) is 0 Å². The number of piperazine rings is 1. The number of hydrogen-bond donors (Lipinski definition) is 4. The largest absolute Gasteiger partial charge is 0.506 e. The second kappa shape index (κ2) is 5.66. The van der Waals surface area contributed by atoms with Gasteiger partial charge in [-0.1, -0.05) is 0 Å². The van der Waals surface area contributed by atoms with Gasteiger partial charge in [-0.3, -0.25) is 4.79 Å². The third-order valence-corrected chi connectivity index (χ3v) is 4.86. The summed E-state index contributed by atoms with van der Waals surface area (Å²) in [5.41, 5.74) is -0.294. The molecule has 2 fully saturated rings. The summed E-state index contributed by atoms with van der Waals surface area (Å²) < 4.78 is 1.45. The lowest BCUT2D eigenvalue weighted by atomic mass is 10.1. The molecule has 0 unspecified atom stereocenters. The highest BCUT2D eigenvalue weighted by Crippen LogP contribution is 2.41. The minimum absolute atomic E-state index is 0.0398. The first-order valence-electron chi connectivity index (χ1n) is 8.32. The molecule has 0 spiro atoms. The Labute approximate surface area is 142 Å². The van der Waals surface area contributed by atoms with Crippen LogP contribution in [0.1, 0.15) is 29.2 Å². The summed E-state index contributed by atoms with van der Waals surface area (Å²) in [6.45, 7) is 3.00. The van der Waals surface area contributed by atoms with Crippen molar-refractivity contribution in [2.75, 3.05) is 31.1 Å². The molecule has 2 aliphatic rings. The minimum atomic E-state index is -1.47. The van der Waals surface area contributed by atoms with E-state index in [9.17, 15) is 24.9 Å². The van der Waals surface area contributed by atoms with Gasteiger partial charge in [0.1, 0.15) is 11.5 Å². The van der Waals surface area contributed by atoms with Gasteiger partial charge in [0, 0.05) is 37.6 Å². The van der Waals surface area contributed by atoms with Crippen molar-refractivity contribution in [3.8, 4) is 11.5 Å². The van der Waals surface area contributed by atoms with Gasteiger partial charge in [-0.15, -0.1) is 0 Å². The van der Waals surface area contributed by atoms with E-state index in [1.807, 2.05) is 4.90 Å². The molecule has 132 valence electrons. The molecule has 0 atom stereocenters. The van der Waals surface area contributed by atoms with Crippen LogP contribution < -0.4 is 15.8 Å². The van der Waals surface area contributed by atoms with Gasteiger partial charge in [-0.2, -0.15) is 0 Å². The molecule has 1 saturated heterocycles. The number of phenols is 1. The third kappa shape index (κ3) is 2.49. The molecule has 4 rings (SSSR count). The molecule has 1 aromatic heterocycles. The second-order valence-corrected chi connectivity index (χ2v) is 6.53. The van der Waals surface area contributed by atoms with Gasteiger partial charge in [0.05, 0.1) is 11.2 Å². The fraction of sp³-hybridized carbons (Fsp3) is 0.412. The van der Waals surface area contributed by atoms with E-state index < -0.39 is 22.8 Å². The summed E-state index contributed by atoms with van der Waals surface area (Å²) in [4.78, 5) is 26.1. The molecule has 1 aliphatic carbocycles. The Morgan fingerprint density at radius 3 is 2.44 bits per heavy atom. The number of pyridine rings is 1. The average molecular weight is 345 g/mol. The Bertz CT molecular complexity index is 926. The zero-order valence-corrected chi connectivity index (χ0v) is 13.5. The lowest BCUT2D eigenvalue weighted by Gasteiger charge is -2.30. The van der Waals surface area contributed by atoms with E-state index in [4.69, 9.17) is 0 Å². The van der Waals surface area contributed by atoms with Crippen LogP contribution in [0.15, 0.2) is 16.9 Å². The van der Waals surface area contributed by atoms with Gasteiger partial charge in [-0.05, 0) is 25.0 Å². The van der Waals surface area contributed by atoms with Gasteiger partial charge >= 0.3 is 5.97 Å². The van der Waals surface area contributed by atoms with Crippen LogP contribution in [0.2, 0.25) is 0 Å². The van der Waals surface area contributed by atoms with E-state index >= 15 is 0 Å². The monoisotopic (exact) mass is 345 g/mol. The second-order valence-electron chi connectivity index (χ2n) is 6.53. The smallest absolute Gasteiger partial charge is 0.345 e. The molecule has 8 heteroatoms. The molecule has 4 N–H and O–H groups in total. The molecule has 8 nitrogen and oxygen atoms in total. The van der Waals surface area contributed by atoms with Crippen LogP contribution in [0.25, 0.3) is 10.9 Å². The quantitative estimate of drug-likeness (QED) is 0.652. The maximum Gasteiger partial charge on any atom is 0.345 e. The number of aromatic hydroxyl groups is 2. The number of nitrogens with zero attached hydrogens (tertiary/aromatic N) is 2. The van der Waals surface area contributed by atoms with Gasteiger partial charge in [0.2, 0.25) is 0 Å². The SMILES string of the molecule is O=C(O)c1c(O)c2cc(O)c(N3CCNCC3)cc2n(C2CC2)c1=O. The van der Waals surface area contributed by atoms with E-state index in [0.29, 0.717) is 24.3 Å². The average Bonchev–Trinajstić information content (AvgIpc) is 3.40. The molecule has 1 aromatic carbocycles. The highest BCUT2D eigenvalue weighted by atomic mass is 16.4. The van der Waals surface area contributed by atoms with Crippen LogP contribution in [0.5, 0.6) is 11.5 Å². The number of fused-ring (bicyclic) bond motifs is 1. The van der Waals surface area contributed by atoms with E-state index in [1.54, 1.807) is 6.07 Å². The summed E-state index contributed by atoms with van der Waals surface area (Å²) in [5.74, 6) is -2.10. The molecule has 25 heavy (non-hydrogen) atoms. The number of benzene rings is 1. The lowest BCUT2D eigenvalue weighted by molar-refractivity contribution is 0.0691. The number of aromatic nitrogens is 1. The molecular formula is C17H19N3O5. The van der Waals surface area contributed by atoms with Crippen LogP contribution in [-0.2, 0) is 0 Å². The predicted molar refractivity (Wildman–Crippen MR) is 91.9 cm³/mol. The molecular weight excluding hydrogens is 326 g/mol. The van der Waals surface area contributed by atoms with Crippen LogP contribution in [-0.4, -0.2) is 52.0 Å². The Morgan fingerprint density at radius 1 is 1.16 bits per heavy atom. The Balaban J connectivity index is 2.00. The minimum Gasteiger partial charge on any atom is -0.506 e. The first-order valence-corrected chi connectivity index (χ1v) is 8.32. The van der Waals surface area contributed by atoms with Crippen LogP contribution >= 0.6 is 0 Å². The number of aromatic carboxylic acids is 1. The van der Waals surface area contributed by atoms with Crippen molar-refractivity contribution < 1.29 is 20.1 Å². The molecule has 1 saturated carbocycles. The van der Waals surface area contributed by atoms with Crippen molar-refractivity contribution in [3.05, 3.63) is 28.0 Å². The number of hydrogen-bond acceptors (Lipinski definition) is 6. The maximum atomic E-state index is 12.6. The normalized spacial score (nSPS) is 17.8. The molecule has 0 amide bonds. The van der Waals surface area contributed by atoms with E-state index in [-0.39, 0.29) is 17.2 Å². The summed E-state index contributed by atoms with van der Waals surface area (Å²) in [5, 5.41) is 33.5. The van der Waals surface area contributed by atoms with Crippen LogP contribution in [0.3, 0.4) is 0 Å². The Kier molecular flexibility index (Phi) is 3.57. The number of carbonyl (C=O) groups is 1. The number of nitrogens with one attached hydrogen (secondary N) is 1. The Hall–Kier alpha value is -2.74. The number of carboxylic acids is 1. The lowest BCUT2D eigenvalue weighted by Crippen LogP contribution is -2.43. The molecule has 0 bridgehead atoms. The van der Waals surface area contributed by atoms with E-state index in [1.165, 1.54) is 10.6 Å². The van der Waals surface area contributed by atoms with E-state index in [2.05, 4.69) is 5.32 Å². The molecule has 2 heterocycles. The summed E-state index contributed by atoms with van der Waals surface area (Å²) in [7, 11) is 0. The van der Waals surface area contributed by atoms with Gasteiger partial charge in [0.25, 0.3) is 5.56 Å². The fourth-order valence-electron chi connectivity index (χ4n) is 3.47. The topological polar surface area (TPSA) is 115 Å². The van der Waals surface area contributed by atoms with Crippen molar-refractivity contribution in [1.29, 1.82) is 0 Å². The molecule has 2 aromatic rings. The number of carboxylic acid groups (broad SMARTS) is 1. The van der Waals surface area contributed by atoms with Gasteiger partial charge in [0.15, 0.2) is 5.56 Å². The highest BCUT2D eigenvalue weighted by Gasteiger charge is 2.31. The van der Waals surface area contributed by atoms with Crippen molar-refractivity contribution >= 4 is 22.6 Å². The van der Waals surface area contributed by atoms with Crippen LogP contribution in [0.4, 0.5) is 5.69 Å². The zero-order valence-electron chi connectivity index (χ0n) is 13.5.